The molecule has 0 spiro atoms. The Balaban J connectivity index is 1.95. The van der Waals surface area contributed by atoms with Crippen LogP contribution in [0.5, 0.6) is 0 Å². The van der Waals surface area contributed by atoms with Crippen LogP contribution in [0.1, 0.15) is 22.4 Å². The first-order valence-corrected chi connectivity index (χ1v) is 7.47. The number of benzene rings is 1. The van der Waals surface area contributed by atoms with Gasteiger partial charge in [0, 0.05) is 16.2 Å². The summed E-state index contributed by atoms with van der Waals surface area (Å²) in [5.74, 6) is 0.967. The third-order valence-electron chi connectivity index (χ3n) is 3.21. The van der Waals surface area contributed by atoms with E-state index in [-0.39, 0.29) is 5.91 Å². The van der Waals surface area contributed by atoms with Crippen LogP contribution >= 0.6 is 11.8 Å². The second-order valence-corrected chi connectivity index (χ2v) is 5.95. The van der Waals surface area contributed by atoms with E-state index in [0.717, 1.165) is 16.2 Å². The Labute approximate surface area is 123 Å². The number of rotatable bonds is 4. The standard InChI is InChI=1S/C15H19N3OS/c1-9-5-6-10(2)13(7-9)20-8-14(19)16-15-11(3)12(4)17-18-15/h5-7H,8H2,1-4H3,(H2,16,17,18,19). The van der Waals surface area contributed by atoms with Gasteiger partial charge in [0.05, 0.1) is 5.75 Å². The van der Waals surface area contributed by atoms with Gasteiger partial charge in [0.2, 0.25) is 5.91 Å². The zero-order valence-corrected chi connectivity index (χ0v) is 13.0. The maximum Gasteiger partial charge on any atom is 0.235 e. The van der Waals surface area contributed by atoms with E-state index in [0.29, 0.717) is 11.6 Å². The Morgan fingerprint density at radius 1 is 1.30 bits per heavy atom. The molecular weight excluding hydrogens is 270 g/mol. The topological polar surface area (TPSA) is 57.8 Å². The van der Waals surface area contributed by atoms with Gasteiger partial charge in [0.15, 0.2) is 5.82 Å². The van der Waals surface area contributed by atoms with Gasteiger partial charge in [0.1, 0.15) is 0 Å². The number of aromatic amines is 1. The van der Waals surface area contributed by atoms with Gasteiger partial charge >= 0.3 is 0 Å². The second kappa shape index (κ2) is 6.13. The summed E-state index contributed by atoms with van der Waals surface area (Å²) in [5.41, 5.74) is 4.36. The average Bonchev–Trinajstić information content (AvgIpc) is 2.72. The van der Waals surface area contributed by atoms with E-state index < -0.39 is 0 Å². The second-order valence-electron chi connectivity index (χ2n) is 4.93. The van der Waals surface area contributed by atoms with Crippen molar-refractivity contribution in [3.8, 4) is 0 Å². The van der Waals surface area contributed by atoms with Gasteiger partial charge in [-0.25, -0.2) is 0 Å². The predicted octanol–water partition coefficient (Wildman–Crippen LogP) is 3.37. The molecular formula is C15H19N3OS. The Hall–Kier alpha value is -1.75. The summed E-state index contributed by atoms with van der Waals surface area (Å²) in [6.07, 6.45) is 0. The fourth-order valence-electron chi connectivity index (χ4n) is 1.78. The Morgan fingerprint density at radius 3 is 2.70 bits per heavy atom. The summed E-state index contributed by atoms with van der Waals surface area (Å²) in [6, 6.07) is 6.27. The van der Waals surface area contributed by atoms with Crippen LogP contribution in [0.25, 0.3) is 0 Å². The van der Waals surface area contributed by atoms with Crippen LogP contribution in [0.3, 0.4) is 0 Å². The van der Waals surface area contributed by atoms with E-state index >= 15 is 0 Å². The van der Waals surface area contributed by atoms with Crippen molar-refractivity contribution >= 4 is 23.5 Å². The lowest BCUT2D eigenvalue weighted by Gasteiger charge is -2.07. The number of anilines is 1. The number of aryl methyl sites for hydroxylation is 3. The van der Waals surface area contributed by atoms with Crippen molar-refractivity contribution < 1.29 is 4.79 Å². The van der Waals surface area contributed by atoms with Gasteiger partial charge in [-0.3, -0.25) is 9.89 Å². The van der Waals surface area contributed by atoms with Crippen molar-refractivity contribution in [2.45, 2.75) is 32.6 Å². The first kappa shape index (κ1) is 14.7. The smallest absolute Gasteiger partial charge is 0.235 e. The fraction of sp³-hybridized carbons (Fsp3) is 0.333. The number of hydrogen-bond donors (Lipinski definition) is 2. The molecule has 0 fully saturated rings. The van der Waals surface area contributed by atoms with Gasteiger partial charge in [-0.15, -0.1) is 11.8 Å². The zero-order valence-electron chi connectivity index (χ0n) is 12.2. The van der Waals surface area contributed by atoms with Crippen molar-refractivity contribution in [1.29, 1.82) is 0 Å². The summed E-state index contributed by atoms with van der Waals surface area (Å²) in [6.45, 7) is 7.98. The number of nitrogens with one attached hydrogen (secondary N) is 2. The van der Waals surface area contributed by atoms with Gasteiger partial charge in [-0.2, -0.15) is 5.10 Å². The number of carbonyl (C=O) groups is 1. The largest absolute Gasteiger partial charge is 0.308 e. The molecule has 0 bridgehead atoms. The molecule has 0 aliphatic heterocycles. The molecule has 5 heteroatoms. The molecule has 2 rings (SSSR count). The van der Waals surface area contributed by atoms with Gasteiger partial charge in [-0.05, 0) is 39.3 Å². The molecule has 20 heavy (non-hydrogen) atoms. The lowest BCUT2D eigenvalue weighted by molar-refractivity contribution is -0.113. The van der Waals surface area contributed by atoms with Crippen molar-refractivity contribution in [2.75, 3.05) is 11.1 Å². The van der Waals surface area contributed by atoms with E-state index in [1.165, 1.54) is 11.1 Å². The zero-order chi connectivity index (χ0) is 14.7. The maximum atomic E-state index is 12.0. The molecule has 1 amide bonds. The van der Waals surface area contributed by atoms with Gasteiger partial charge < -0.3 is 5.32 Å². The molecule has 0 aliphatic carbocycles. The lowest BCUT2D eigenvalue weighted by Crippen LogP contribution is -2.15. The number of carbonyl (C=O) groups excluding carboxylic acids is 1. The summed E-state index contributed by atoms with van der Waals surface area (Å²) >= 11 is 1.55. The van der Waals surface area contributed by atoms with Crippen molar-refractivity contribution in [3.05, 3.63) is 40.6 Å². The monoisotopic (exact) mass is 289 g/mol. The van der Waals surface area contributed by atoms with Crippen LogP contribution < -0.4 is 5.32 Å². The number of aromatic nitrogens is 2. The highest BCUT2D eigenvalue weighted by Gasteiger charge is 2.10. The third kappa shape index (κ3) is 3.42. The molecule has 1 heterocycles. The quantitative estimate of drug-likeness (QED) is 0.848. The minimum absolute atomic E-state index is 0.0366. The molecule has 0 atom stereocenters. The molecule has 4 nitrogen and oxygen atoms in total. The Morgan fingerprint density at radius 2 is 2.05 bits per heavy atom. The number of hydrogen-bond acceptors (Lipinski definition) is 3. The highest BCUT2D eigenvalue weighted by Crippen LogP contribution is 2.24. The molecule has 1 aromatic heterocycles. The van der Waals surface area contributed by atoms with Crippen molar-refractivity contribution in [1.82, 2.24) is 10.2 Å². The van der Waals surface area contributed by atoms with Gasteiger partial charge in [0.25, 0.3) is 0 Å². The molecule has 1 aromatic carbocycles. The van der Waals surface area contributed by atoms with Crippen LogP contribution in [0.15, 0.2) is 23.1 Å². The number of H-pyrrole nitrogens is 1. The first-order chi connectivity index (χ1) is 9.47. The van der Waals surface area contributed by atoms with Crippen LogP contribution in [-0.2, 0) is 4.79 Å². The van der Waals surface area contributed by atoms with Crippen LogP contribution in [0.4, 0.5) is 5.82 Å². The minimum atomic E-state index is -0.0366. The lowest BCUT2D eigenvalue weighted by atomic mass is 10.2. The average molecular weight is 289 g/mol. The third-order valence-corrected chi connectivity index (χ3v) is 4.37. The van der Waals surface area contributed by atoms with Crippen molar-refractivity contribution in [2.24, 2.45) is 0 Å². The molecule has 0 saturated heterocycles. The molecule has 0 radical (unpaired) electrons. The summed E-state index contributed by atoms with van der Waals surface area (Å²) < 4.78 is 0. The molecule has 106 valence electrons. The maximum absolute atomic E-state index is 12.0. The minimum Gasteiger partial charge on any atom is -0.308 e. The van der Waals surface area contributed by atoms with Crippen LogP contribution in [0.2, 0.25) is 0 Å². The molecule has 2 aromatic rings. The Bertz CT molecular complexity index is 634. The normalized spacial score (nSPS) is 10.6. The highest BCUT2D eigenvalue weighted by molar-refractivity contribution is 8.00. The predicted molar refractivity (Wildman–Crippen MR) is 83.3 cm³/mol. The molecule has 0 aliphatic rings. The summed E-state index contributed by atoms with van der Waals surface area (Å²) in [4.78, 5) is 13.1. The molecule has 0 saturated carbocycles. The molecule has 0 unspecified atom stereocenters. The van der Waals surface area contributed by atoms with Crippen molar-refractivity contribution in [3.63, 3.8) is 0 Å². The number of amides is 1. The van der Waals surface area contributed by atoms with E-state index in [1.807, 2.05) is 13.8 Å². The first-order valence-electron chi connectivity index (χ1n) is 6.49. The fourth-order valence-corrected chi connectivity index (χ4v) is 2.70. The molecule has 2 N–H and O–H groups in total. The van der Waals surface area contributed by atoms with Gasteiger partial charge in [-0.1, -0.05) is 17.7 Å². The van der Waals surface area contributed by atoms with E-state index in [9.17, 15) is 4.79 Å². The SMILES string of the molecule is Cc1ccc(C)c(SCC(=O)Nc2n[nH]c(C)c2C)c1. The summed E-state index contributed by atoms with van der Waals surface area (Å²) in [7, 11) is 0. The number of thioether (sulfide) groups is 1. The Kier molecular flexibility index (Phi) is 4.49. The highest BCUT2D eigenvalue weighted by atomic mass is 32.2. The van der Waals surface area contributed by atoms with Crippen LogP contribution in [-0.4, -0.2) is 21.9 Å². The van der Waals surface area contributed by atoms with Crippen LogP contribution in [0, 0.1) is 27.7 Å². The van der Waals surface area contributed by atoms with E-state index in [4.69, 9.17) is 0 Å². The number of nitrogens with zero attached hydrogens (tertiary/aromatic N) is 1. The van der Waals surface area contributed by atoms with E-state index in [1.54, 1.807) is 11.8 Å². The summed E-state index contributed by atoms with van der Waals surface area (Å²) in [5, 5.41) is 9.77. The van der Waals surface area contributed by atoms with E-state index in [2.05, 4.69) is 47.6 Å².